The van der Waals surface area contributed by atoms with Gasteiger partial charge in [0, 0.05) is 31.2 Å². The summed E-state index contributed by atoms with van der Waals surface area (Å²) in [5.41, 5.74) is 2.36. The Hall–Kier alpha value is -4.22. The molecule has 0 unspecified atom stereocenters. The molecule has 0 bridgehead atoms. The lowest BCUT2D eigenvalue weighted by Gasteiger charge is -2.25. The number of aromatic nitrogens is 5. The van der Waals surface area contributed by atoms with Crippen molar-refractivity contribution in [3.8, 4) is 17.4 Å². The fraction of sp³-hybridized carbons (Fsp3) is 0.333. The average Bonchev–Trinajstić information content (AvgIpc) is 3.54. The van der Waals surface area contributed by atoms with Gasteiger partial charge in [-0.3, -0.25) is 14.4 Å². The second-order valence-corrected chi connectivity index (χ2v) is 8.44. The molecule has 1 N–H and O–H groups in total. The third-order valence-corrected chi connectivity index (χ3v) is 5.72. The number of benzene rings is 1. The van der Waals surface area contributed by atoms with E-state index in [1.54, 1.807) is 36.3 Å². The summed E-state index contributed by atoms with van der Waals surface area (Å²) in [4.78, 5) is 19.6. The molecule has 0 spiro atoms. The number of amides is 1. The second kappa shape index (κ2) is 12.3. The zero-order chi connectivity index (χ0) is 27.1. The molecule has 0 aliphatic rings. The smallest absolute Gasteiger partial charge is 0.279 e. The number of carbonyl (C=O) groups is 1. The van der Waals surface area contributed by atoms with E-state index in [-0.39, 0.29) is 18.1 Å². The van der Waals surface area contributed by atoms with Gasteiger partial charge in [0.2, 0.25) is 5.88 Å². The SMILES string of the molecule is CCOC(CN(C(=O)c1cc(O)n(-c2cccc(C)n2)n1)c1cnn(Cc2ccc(OC)cc2)c1)OCC. The van der Waals surface area contributed by atoms with Crippen LogP contribution in [-0.2, 0) is 16.0 Å². The summed E-state index contributed by atoms with van der Waals surface area (Å²) in [5, 5.41) is 19.4. The van der Waals surface area contributed by atoms with Gasteiger partial charge in [-0.1, -0.05) is 18.2 Å². The van der Waals surface area contributed by atoms with E-state index in [0.29, 0.717) is 31.3 Å². The lowest BCUT2D eigenvalue weighted by Crippen LogP contribution is -2.40. The van der Waals surface area contributed by atoms with Crippen molar-refractivity contribution in [3.63, 3.8) is 0 Å². The molecule has 0 saturated heterocycles. The van der Waals surface area contributed by atoms with Crippen LogP contribution in [0.5, 0.6) is 11.6 Å². The molecule has 4 rings (SSSR count). The summed E-state index contributed by atoms with van der Waals surface area (Å²) >= 11 is 0. The first kappa shape index (κ1) is 26.8. The topological polar surface area (TPSA) is 117 Å². The molecule has 0 fully saturated rings. The fourth-order valence-corrected chi connectivity index (χ4v) is 3.91. The molecule has 1 aromatic carbocycles. The van der Waals surface area contributed by atoms with Crippen molar-refractivity contribution in [2.45, 2.75) is 33.6 Å². The van der Waals surface area contributed by atoms with E-state index in [2.05, 4.69) is 15.2 Å². The Balaban J connectivity index is 1.63. The van der Waals surface area contributed by atoms with Crippen LogP contribution in [0.15, 0.2) is 60.9 Å². The van der Waals surface area contributed by atoms with Gasteiger partial charge in [-0.05, 0) is 50.6 Å². The number of methoxy groups -OCH3 is 1. The number of rotatable bonds is 12. The number of carbonyl (C=O) groups excluding carboxylic acids is 1. The van der Waals surface area contributed by atoms with Crippen molar-refractivity contribution in [1.82, 2.24) is 24.5 Å². The standard InChI is InChI=1S/C27H32N6O5/c1-5-37-26(38-6-2)18-32(21-15-28-31(17-21)16-20-10-12-22(36-4)13-11-20)27(35)23-14-25(34)33(30-23)24-9-7-8-19(3)29-24/h7-15,17,26,34H,5-6,16,18H2,1-4H3. The van der Waals surface area contributed by atoms with Gasteiger partial charge >= 0.3 is 0 Å². The number of aromatic hydroxyl groups is 1. The van der Waals surface area contributed by atoms with Crippen molar-refractivity contribution >= 4 is 11.6 Å². The van der Waals surface area contributed by atoms with Crippen LogP contribution < -0.4 is 9.64 Å². The van der Waals surface area contributed by atoms with E-state index >= 15 is 0 Å². The van der Waals surface area contributed by atoms with Crippen molar-refractivity contribution in [2.75, 3.05) is 31.8 Å². The Morgan fingerprint density at radius 3 is 2.50 bits per heavy atom. The van der Waals surface area contributed by atoms with E-state index in [9.17, 15) is 9.90 Å². The first-order chi connectivity index (χ1) is 18.4. The molecule has 11 nitrogen and oxygen atoms in total. The number of aryl methyl sites for hydroxylation is 1. The van der Waals surface area contributed by atoms with Gasteiger partial charge in [0.15, 0.2) is 17.8 Å². The van der Waals surface area contributed by atoms with Gasteiger partial charge in [-0.2, -0.15) is 14.9 Å². The normalized spacial score (nSPS) is 11.2. The maximum absolute atomic E-state index is 13.7. The third kappa shape index (κ3) is 6.36. The molecule has 0 aliphatic carbocycles. The highest BCUT2D eigenvalue weighted by molar-refractivity contribution is 6.04. The van der Waals surface area contributed by atoms with E-state index in [0.717, 1.165) is 17.0 Å². The van der Waals surface area contributed by atoms with Crippen LogP contribution in [0.2, 0.25) is 0 Å². The molecule has 38 heavy (non-hydrogen) atoms. The Kier molecular flexibility index (Phi) is 8.72. The number of hydrogen-bond donors (Lipinski definition) is 1. The van der Waals surface area contributed by atoms with Gasteiger partial charge in [-0.15, -0.1) is 0 Å². The van der Waals surface area contributed by atoms with E-state index in [1.807, 2.05) is 51.1 Å². The molecule has 200 valence electrons. The molecule has 0 atom stereocenters. The summed E-state index contributed by atoms with van der Waals surface area (Å²) in [6.45, 7) is 6.99. The molecular formula is C27H32N6O5. The highest BCUT2D eigenvalue weighted by Crippen LogP contribution is 2.23. The molecule has 0 saturated carbocycles. The Labute approximate surface area is 221 Å². The molecule has 4 aromatic rings. The van der Waals surface area contributed by atoms with Crippen LogP contribution >= 0.6 is 0 Å². The fourth-order valence-electron chi connectivity index (χ4n) is 3.91. The zero-order valence-corrected chi connectivity index (χ0v) is 21.9. The van der Waals surface area contributed by atoms with Crippen molar-refractivity contribution in [3.05, 3.63) is 77.9 Å². The van der Waals surface area contributed by atoms with Gasteiger partial charge in [0.25, 0.3) is 5.91 Å². The molecule has 0 aliphatic heterocycles. The predicted octanol–water partition coefficient (Wildman–Crippen LogP) is 3.58. The summed E-state index contributed by atoms with van der Waals surface area (Å²) in [6, 6.07) is 14.3. The molecule has 3 heterocycles. The number of anilines is 1. The molecular weight excluding hydrogens is 488 g/mol. The largest absolute Gasteiger partial charge is 0.497 e. The minimum atomic E-state index is -0.659. The lowest BCUT2D eigenvalue weighted by molar-refractivity contribution is -0.128. The van der Waals surface area contributed by atoms with Crippen molar-refractivity contribution in [2.24, 2.45) is 0 Å². The monoisotopic (exact) mass is 520 g/mol. The van der Waals surface area contributed by atoms with Gasteiger partial charge in [-0.25, -0.2) is 4.98 Å². The van der Waals surface area contributed by atoms with Gasteiger partial charge < -0.3 is 19.3 Å². The minimum Gasteiger partial charge on any atom is -0.497 e. The van der Waals surface area contributed by atoms with E-state index in [4.69, 9.17) is 14.2 Å². The summed E-state index contributed by atoms with van der Waals surface area (Å²) < 4.78 is 19.6. The number of pyridine rings is 1. The van der Waals surface area contributed by atoms with Crippen LogP contribution in [-0.4, -0.2) is 68.7 Å². The van der Waals surface area contributed by atoms with Gasteiger partial charge in [0.05, 0.1) is 32.1 Å². The lowest BCUT2D eigenvalue weighted by atomic mass is 10.2. The Bertz CT molecular complexity index is 1340. The average molecular weight is 521 g/mol. The summed E-state index contributed by atoms with van der Waals surface area (Å²) in [6.07, 6.45) is 2.72. The maximum Gasteiger partial charge on any atom is 0.279 e. The molecule has 1 amide bonds. The number of nitrogens with zero attached hydrogens (tertiary/aromatic N) is 6. The predicted molar refractivity (Wildman–Crippen MR) is 141 cm³/mol. The number of hydrogen-bond acceptors (Lipinski definition) is 8. The highest BCUT2D eigenvalue weighted by atomic mass is 16.7. The van der Waals surface area contributed by atoms with Gasteiger partial charge in [0.1, 0.15) is 5.75 Å². The second-order valence-electron chi connectivity index (χ2n) is 8.44. The van der Waals surface area contributed by atoms with Crippen LogP contribution in [0.4, 0.5) is 5.69 Å². The quantitative estimate of drug-likeness (QED) is 0.282. The third-order valence-electron chi connectivity index (χ3n) is 5.72. The van der Waals surface area contributed by atoms with Crippen molar-refractivity contribution in [1.29, 1.82) is 0 Å². The van der Waals surface area contributed by atoms with Crippen LogP contribution in [0.25, 0.3) is 5.82 Å². The number of ether oxygens (including phenoxy) is 3. The first-order valence-electron chi connectivity index (χ1n) is 12.3. The van der Waals surface area contributed by atoms with Crippen LogP contribution in [0.3, 0.4) is 0 Å². The van der Waals surface area contributed by atoms with Crippen LogP contribution in [0, 0.1) is 6.92 Å². The minimum absolute atomic E-state index is 0.0421. The highest BCUT2D eigenvalue weighted by Gasteiger charge is 2.27. The van der Waals surface area contributed by atoms with Crippen molar-refractivity contribution < 1.29 is 24.1 Å². The van der Waals surface area contributed by atoms with E-state index < -0.39 is 12.2 Å². The molecule has 3 aromatic heterocycles. The van der Waals surface area contributed by atoms with Crippen LogP contribution in [0.1, 0.15) is 35.6 Å². The first-order valence-corrected chi connectivity index (χ1v) is 12.3. The maximum atomic E-state index is 13.7. The summed E-state index contributed by atoms with van der Waals surface area (Å²) in [5.74, 6) is 0.530. The summed E-state index contributed by atoms with van der Waals surface area (Å²) in [7, 11) is 1.62. The zero-order valence-electron chi connectivity index (χ0n) is 21.9. The Morgan fingerprint density at radius 2 is 1.84 bits per heavy atom. The molecule has 0 radical (unpaired) electrons. The Morgan fingerprint density at radius 1 is 1.11 bits per heavy atom. The molecule has 11 heteroatoms. The van der Waals surface area contributed by atoms with E-state index in [1.165, 1.54) is 15.6 Å².